The summed E-state index contributed by atoms with van der Waals surface area (Å²) in [6, 6.07) is 12.5. The highest BCUT2D eigenvalue weighted by atomic mass is 16.1. The first-order chi connectivity index (χ1) is 14.5. The number of allylic oxidation sites excluding steroid dienone is 1. The first-order valence-corrected chi connectivity index (χ1v) is 10.1. The molecule has 1 N–H and O–H groups in total. The Morgan fingerprint density at radius 1 is 1.13 bits per heavy atom. The van der Waals surface area contributed by atoms with E-state index in [1.54, 1.807) is 11.9 Å². The SMILES string of the molecule is CNc1cc(C2=C(C)CN=C2C)cc(-c2c(C)ccc3ncccc23)c1N(C)C=O. The Bertz CT molecular complexity index is 1220. The summed E-state index contributed by atoms with van der Waals surface area (Å²) >= 11 is 0. The maximum Gasteiger partial charge on any atom is 0.213 e. The first kappa shape index (κ1) is 19.8. The molecule has 1 aliphatic rings. The molecule has 30 heavy (non-hydrogen) atoms. The number of hydrogen-bond donors (Lipinski definition) is 1. The molecule has 0 unspecified atom stereocenters. The van der Waals surface area contributed by atoms with E-state index in [2.05, 4.69) is 60.3 Å². The van der Waals surface area contributed by atoms with E-state index in [9.17, 15) is 4.79 Å². The van der Waals surface area contributed by atoms with Crippen LogP contribution in [0.1, 0.15) is 25.0 Å². The van der Waals surface area contributed by atoms with Gasteiger partial charge in [-0.1, -0.05) is 12.1 Å². The zero-order chi connectivity index (χ0) is 21.4. The molecule has 0 spiro atoms. The number of carbonyl (C=O) groups is 1. The number of carbonyl (C=O) groups excluding carboxylic acids is 1. The number of aliphatic imine (C=N–C) groups is 1. The Hall–Kier alpha value is -3.47. The summed E-state index contributed by atoms with van der Waals surface area (Å²) in [7, 11) is 3.68. The number of hydrogen-bond acceptors (Lipinski definition) is 4. The molecular formula is C25H26N4O. The molecule has 5 heteroatoms. The van der Waals surface area contributed by atoms with Crippen LogP contribution in [0.4, 0.5) is 11.4 Å². The average Bonchev–Trinajstić information content (AvgIpc) is 3.10. The number of anilines is 2. The number of benzene rings is 2. The lowest BCUT2D eigenvalue weighted by Crippen LogP contribution is -2.17. The number of rotatable bonds is 5. The minimum Gasteiger partial charge on any atom is -0.386 e. The summed E-state index contributed by atoms with van der Waals surface area (Å²) < 4.78 is 0. The molecule has 1 aromatic heterocycles. The molecule has 0 saturated carbocycles. The van der Waals surface area contributed by atoms with Gasteiger partial charge in [-0.05, 0) is 67.3 Å². The van der Waals surface area contributed by atoms with Crippen LogP contribution in [0.3, 0.4) is 0 Å². The fraction of sp³-hybridized carbons (Fsp3) is 0.240. The third-order valence-corrected chi connectivity index (χ3v) is 5.78. The van der Waals surface area contributed by atoms with E-state index in [1.165, 1.54) is 11.1 Å². The summed E-state index contributed by atoms with van der Waals surface area (Å²) in [5, 5.41) is 4.37. The van der Waals surface area contributed by atoms with Crippen LogP contribution in [0.2, 0.25) is 0 Å². The second-order valence-electron chi connectivity index (χ2n) is 7.77. The van der Waals surface area contributed by atoms with E-state index in [1.807, 2.05) is 25.4 Å². The largest absolute Gasteiger partial charge is 0.386 e. The van der Waals surface area contributed by atoms with Gasteiger partial charge < -0.3 is 10.2 Å². The lowest BCUT2D eigenvalue weighted by atomic mass is 9.89. The highest BCUT2D eigenvalue weighted by Crippen LogP contribution is 2.43. The van der Waals surface area contributed by atoms with Gasteiger partial charge in [0, 0.05) is 42.5 Å². The van der Waals surface area contributed by atoms with E-state index in [-0.39, 0.29) is 0 Å². The molecule has 0 fully saturated rings. The smallest absolute Gasteiger partial charge is 0.213 e. The molecule has 5 nitrogen and oxygen atoms in total. The van der Waals surface area contributed by atoms with Gasteiger partial charge in [-0.2, -0.15) is 0 Å². The van der Waals surface area contributed by atoms with Gasteiger partial charge in [0.25, 0.3) is 0 Å². The second-order valence-corrected chi connectivity index (χ2v) is 7.77. The predicted octanol–water partition coefficient (Wildman–Crippen LogP) is 5.09. The molecular weight excluding hydrogens is 372 g/mol. The quantitative estimate of drug-likeness (QED) is 0.609. The molecule has 0 saturated heterocycles. The van der Waals surface area contributed by atoms with Crippen molar-refractivity contribution in [3.05, 3.63) is 59.3 Å². The van der Waals surface area contributed by atoms with E-state index >= 15 is 0 Å². The van der Waals surface area contributed by atoms with Gasteiger partial charge in [-0.15, -0.1) is 0 Å². The molecule has 2 heterocycles. The molecule has 0 bridgehead atoms. The summed E-state index contributed by atoms with van der Waals surface area (Å²) in [6.07, 6.45) is 2.66. The minimum atomic E-state index is 0.735. The maximum atomic E-state index is 11.8. The number of amides is 1. The van der Waals surface area contributed by atoms with Crippen molar-refractivity contribution in [1.82, 2.24) is 4.98 Å². The van der Waals surface area contributed by atoms with Crippen molar-refractivity contribution < 1.29 is 4.79 Å². The van der Waals surface area contributed by atoms with Crippen molar-refractivity contribution in [2.45, 2.75) is 20.8 Å². The molecule has 1 aliphatic heterocycles. The van der Waals surface area contributed by atoms with Gasteiger partial charge >= 0.3 is 0 Å². The summed E-state index contributed by atoms with van der Waals surface area (Å²) in [5.41, 5.74) is 10.5. The van der Waals surface area contributed by atoms with Gasteiger partial charge in [0.05, 0.1) is 23.4 Å². The van der Waals surface area contributed by atoms with E-state index in [4.69, 9.17) is 0 Å². The Morgan fingerprint density at radius 2 is 1.93 bits per heavy atom. The van der Waals surface area contributed by atoms with Crippen LogP contribution in [-0.4, -0.2) is 37.7 Å². The fourth-order valence-electron chi connectivity index (χ4n) is 4.37. The summed E-state index contributed by atoms with van der Waals surface area (Å²) in [4.78, 5) is 22.6. The third kappa shape index (κ3) is 3.16. The van der Waals surface area contributed by atoms with Crippen LogP contribution in [0.15, 0.2) is 53.2 Å². The van der Waals surface area contributed by atoms with Gasteiger partial charge in [0.2, 0.25) is 6.41 Å². The number of fused-ring (bicyclic) bond motifs is 1. The molecule has 3 aromatic rings. The first-order valence-electron chi connectivity index (χ1n) is 10.1. The van der Waals surface area contributed by atoms with Crippen molar-refractivity contribution in [3.63, 3.8) is 0 Å². The van der Waals surface area contributed by atoms with E-state index in [0.29, 0.717) is 0 Å². The van der Waals surface area contributed by atoms with Gasteiger partial charge in [0.1, 0.15) is 0 Å². The van der Waals surface area contributed by atoms with Crippen LogP contribution in [0, 0.1) is 6.92 Å². The normalized spacial score (nSPS) is 13.6. The predicted molar refractivity (Wildman–Crippen MR) is 126 cm³/mol. The second kappa shape index (κ2) is 7.75. The summed E-state index contributed by atoms with van der Waals surface area (Å²) in [5.74, 6) is 0. The van der Waals surface area contributed by atoms with Crippen LogP contribution >= 0.6 is 0 Å². The average molecular weight is 399 g/mol. The topological polar surface area (TPSA) is 57.6 Å². The van der Waals surface area contributed by atoms with Crippen LogP contribution in [0.25, 0.3) is 27.6 Å². The Kier molecular flexibility index (Phi) is 5.12. The van der Waals surface area contributed by atoms with Gasteiger partial charge in [-0.25, -0.2) is 0 Å². The molecule has 152 valence electrons. The van der Waals surface area contributed by atoms with Crippen LogP contribution in [0.5, 0.6) is 0 Å². The lowest BCUT2D eigenvalue weighted by molar-refractivity contribution is -0.107. The molecule has 2 aromatic carbocycles. The van der Waals surface area contributed by atoms with Crippen molar-refractivity contribution in [3.8, 4) is 11.1 Å². The number of aryl methyl sites for hydroxylation is 1. The minimum absolute atomic E-state index is 0.735. The molecule has 4 rings (SSSR count). The van der Waals surface area contributed by atoms with Crippen LogP contribution < -0.4 is 10.2 Å². The van der Waals surface area contributed by atoms with Crippen molar-refractivity contribution in [1.29, 1.82) is 0 Å². The van der Waals surface area contributed by atoms with E-state index in [0.717, 1.165) is 63.2 Å². The van der Waals surface area contributed by atoms with Crippen LogP contribution in [-0.2, 0) is 4.79 Å². The van der Waals surface area contributed by atoms with Gasteiger partial charge in [0.15, 0.2) is 0 Å². The summed E-state index contributed by atoms with van der Waals surface area (Å²) in [6.45, 7) is 7.03. The number of nitrogens with zero attached hydrogens (tertiary/aromatic N) is 3. The highest BCUT2D eigenvalue weighted by molar-refractivity contribution is 6.26. The monoisotopic (exact) mass is 398 g/mol. The van der Waals surface area contributed by atoms with E-state index < -0.39 is 0 Å². The van der Waals surface area contributed by atoms with Crippen molar-refractivity contribution in [2.24, 2.45) is 4.99 Å². The third-order valence-electron chi connectivity index (χ3n) is 5.78. The number of nitrogens with one attached hydrogen (secondary N) is 1. The number of aromatic nitrogens is 1. The Balaban J connectivity index is 2.12. The highest BCUT2D eigenvalue weighted by Gasteiger charge is 2.22. The zero-order valence-electron chi connectivity index (χ0n) is 18.1. The molecule has 0 atom stereocenters. The number of pyridine rings is 1. The molecule has 1 amide bonds. The maximum absolute atomic E-state index is 11.8. The zero-order valence-corrected chi connectivity index (χ0v) is 18.1. The van der Waals surface area contributed by atoms with Gasteiger partial charge in [-0.3, -0.25) is 14.8 Å². The molecule has 0 radical (unpaired) electrons. The van der Waals surface area contributed by atoms with Crippen molar-refractivity contribution >= 4 is 40.0 Å². The lowest BCUT2D eigenvalue weighted by Gasteiger charge is -2.24. The Morgan fingerprint density at radius 3 is 2.60 bits per heavy atom. The van der Waals surface area contributed by atoms with Crippen molar-refractivity contribution in [2.75, 3.05) is 30.9 Å². The Labute approximate surface area is 177 Å². The standard InChI is InChI=1S/C25H26N4O/c1-15-8-9-21-19(7-6-10-27-21)24(15)20-11-18(23-16(2)13-28-17(23)3)12-22(26-4)25(20)29(5)14-30/h6-12,14,26H,13H2,1-5H3. The fourth-order valence-corrected chi connectivity index (χ4v) is 4.37. The molecule has 0 aliphatic carbocycles.